The van der Waals surface area contributed by atoms with Crippen molar-refractivity contribution in [3.8, 4) is 0 Å². The van der Waals surface area contributed by atoms with Gasteiger partial charge < -0.3 is 10.2 Å². The van der Waals surface area contributed by atoms with Crippen LogP contribution in [0.25, 0.3) is 0 Å². The number of alkyl halides is 2. The standard InChI is InChI=1S/C14H25F2N3O/c1-11-9-12(3-4-17-11)14(20)19-6-2-5-18(7-8-19)10-13(15)16/h11-13,17H,2-10H2,1H3/t11-,12-/m0/s1. The number of carbonyl (C=O) groups excluding carboxylic acids is 1. The van der Waals surface area contributed by atoms with E-state index in [9.17, 15) is 13.6 Å². The van der Waals surface area contributed by atoms with Gasteiger partial charge >= 0.3 is 0 Å². The van der Waals surface area contributed by atoms with Gasteiger partial charge in [-0.3, -0.25) is 9.69 Å². The molecular formula is C14H25F2N3O. The van der Waals surface area contributed by atoms with Crippen molar-refractivity contribution in [1.29, 1.82) is 0 Å². The summed E-state index contributed by atoms with van der Waals surface area (Å²) in [6, 6.07) is 0.389. The summed E-state index contributed by atoms with van der Waals surface area (Å²) < 4.78 is 24.8. The van der Waals surface area contributed by atoms with Gasteiger partial charge in [-0.1, -0.05) is 0 Å². The van der Waals surface area contributed by atoms with Crippen molar-refractivity contribution in [2.24, 2.45) is 5.92 Å². The van der Waals surface area contributed by atoms with Gasteiger partial charge in [-0.15, -0.1) is 0 Å². The van der Waals surface area contributed by atoms with E-state index in [1.807, 2.05) is 4.90 Å². The monoisotopic (exact) mass is 289 g/mol. The number of rotatable bonds is 3. The van der Waals surface area contributed by atoms with Crippen LogP contribution in [0.2, 0.25) is 0 Å². The first-order valence-corrected chi connectivity index (χ1v) is 7.59. The Balaban J connectivity index is 1.84. The van der Waals surface area contributed by atoms with Crippen molar-refractivity contribution >= 4 is 5.91 Å². The number of amides is 1. The zero-order chi connectivity index (χ0) is 14.5. The Labute approximate surface area is 119 Å². The Morgan fingerprint density at radius 3 is 2.80 bits per heavy atom. The van der Waals surface area contributed by atoms with E-state index in [0.29, 0.717) is 32.2 Å². The summed E-state index contributed by atoms with van der Waals surface area (Å²) >= 11 is 0. The molecule has 20 heavy (non-hydrogen) atoms. The predicted octanol–water partition coefficient (Wildman–Crippen LogP) is 1.17. The molecule has 0 unspecified atom stereocenters. The Bertz CT molecular complexity index is 328. The molecule has 0 aromatic carbocycles. The van der Waals surface area contributed by atoms with Crippen LogP contribution in [-0.2, 0) is 4.79 Å². The summed E-state index contributed by atoms with van der Waals surface area (Å²) in [6.45, 7) is 5.34. The van der Waals surface area contributed by atoms with Crippen LogP contribution in [0.4, 0.5) is 8.78 Å². The molecule has 4 nitrogen and oxygen atoms in total. The van der Waals surface area contributed by atoms with E-state index in [-0.39, 0.29) is 18.4 Å². The number of nitrogens with one attached hydrogen (secondary N) is 1. The second-order valence-corrected chi connectivity index (χ2v) is 5.95. The quantitative estimate of drug-likeness (QED) is 0.847. The van der Waals surface area contributed by atoms with Crippen LogP contribution < -0.4 is 5.32 Å². The molecule has 0 saturated carbocycles. The van der Waals surface area contributed by atoms with Crippen LogP contribution in [0.3, 0.4) is 0 Å². The first-order chi connectivity index (χ1) is 9.56. The minimum absolute atomic E-state index is 0.105. The minimum atomic E-state index is -2.29. The average molecular weight is 289 g/mol. The van der Waals surface area contributed by atoms with Gasteiger partial charge in [0.05, 0.1) is 6.54 Å². The molecule has 0 bridgehead atoms. The molecule has 2 saturated heterocycles. The summed E-state index contributed by atoms with van der Waals surface area (Å²) in [6.07, 6.45) is 0.276. The van der Waals surface area contributed by atoms with Crippen LogP contribution in [0.5, 0.6) is 0 Å². The van der Waals surface area contributed by atoms with Crippen molar-refractivity contribution < 1.29 is 13.6 Å². The zero-order valence-electron chi connectivity index (χ0n) is 12.2. The van der Waals surface area contributed by atoms with E-state index in [2.05, 4.69) is 12.2 Å². The van der Waals surface area contributed by atoms with Gasteiger partial charge in [-0.05, 0) is 32.7 Å². The third kappa shape index (κ3) is 4.38. The molecule has 2 aliphatic heterocycles. The van der Waals surface area contributed by atoms with Gasteiger partial charge in [0.1, 0.15) is 0 Å². The summed E-state index contributed by atoms with van der Waals surface area (Å²) in [5.74, 6) is 0.324. The fraction of sp³-hybridized carbons (Fsp3) is 0.929. The highest BCUT2D eigenvalue weighted by atomic mass is 19.3. The molecule has 2 rings (SSSR count). The molecule has 0 aromatic rings. The maximum Gasteiger partial charge on any atom is 0.251 e. The van der Waals surface area contributed by atoms with Crippen LogP contribution in [-0.4, -0.2) is 67.4 Å². The van der Waals surface area contributed by atoms with E-state index in [1.54, 1.807) is 4.90 Å². The molecule has 116 valence electrons. The molecule has 6 heteroatoms. The maximum absolute atomic E-state index is 12.5. The molecule has 0 spiro atoms. The number of halogens is 2. The molecule has 0 aromatic heterocycles. The number of hydrogen-bond acceptors (Lipinski definition) is 3. The summed E-state index contributed by atoms with van der Waals surface area (Å²) in [7, 11) is 0. The van der Waals surface area contributed by atoms with E-state index < -0.39 is 6.43 Å². The Morgan fingerprint density at radius 2 is 2.10 bits per heavy atom. The molecule has 2 aliphatic rings. The van der Waals surface area contributed by atoms with Gasteiger partial charge in [0.25, 0.3) is 6.43 Å². The second kappa shape index (κ2) is 7.31. The molecule has 0 aliphatic carbocycles. The number of hydrogen-bond donors (Lipinski definition) is 1. The number of nitrogens with zero attached hydrogens (tertiary/aromatic N) is 2. The van der Waals surface area contributed by atoms with Crippen LogP contribution >= 0.6 is 0 Å². The topological polar surface area (TPSA) is 35.6 Å². The van der Waals surface area contributed by atoms with Crippen molar-refractivity contribution in [2.45, 2.75) is 38.7 Å². The molecule has 2 atom stereocenters. The minimum Gasteiger partial charge on any atom is -0.341 e. The fourth-order valence-corrected chi connectivity index (χ4v) is 3.18. The maximum atomic E-state index is 12.5. The third-order valence-corrected chi connectivity index (χ3v) is 4.27. The van der Waals surface area contributed by atoms with Crippen molar-refractivity contribution in [3.05, 3.63) is 0 Å². The predicted molar refractivity (Wildman–Crippen MR) is 73.8 cm³/mol. The van der Waals surface area contributed by atoms with Crippen LogP contribution in [0.1, 0.15) is 26.2 Å². The van der Waals surface area contributed by atoms with Gasteiger partial charge in [-0.25, -0.2) is 8.78 Å². The van der Waals surface area contributed by atoms with Crippen molar-refractivity contribution in [3.63, 3.8) is 0 Å². The van der Waals surface area contributed by atoms with E-state index >= 15 is 0 Å². The van der Waals surface area contributed by atoms with E-state index in [4.69, 9.17) is 0 Å². The lowest BCUT2D eigenvalue weighted by molar-refractivity contribution is -0.136. The second-order valence-electron chi connectivity index (χ2n) is 5.95. The fourth-order valence-electron chi connectivity index (χ4n) is 3.18. The average Bonchev–Trinajstić information content (AvgIpc) is 2.63. The third-order valence-electron chi connectivity index (χ3n) is 4.27. The highest BCUT2D eigenvalue weighted by Crippen LogP contribution is 2.20. The van der Waals surface area contributed by atoms with Crippen LogP contribution in [0, 0.1) is 5.92 Å². The van der Waals surface area contributed by atoms with Crippen molar-refractivity contribution in [2.75, 3.05) is 39.3 Å². The summed E-state index contributed by atoms with van der Waals surface area (Å²) in [4.78, 5) is 16.2. The molecule has 0 radical (unpaired) electrons. The van der Waals surface area contributed by atoms with Crippen molar-refractivity contribution in [1.82, 2.24) is 15.1 Å². The molecule has 2 heterocycles. The van der Waals surface area contributed by atoms with E-state index in [0.717, 1.165) is 25.8 Å². The first kappa shape index (κ1) is 15.6. The molecule has 2 fully saturated rings. The summed E-state index contributed by atoms with van der Waals surface area (Å²) in [5, 5.41) is 3.35. The van der Waals surface area contributed by atoms with Gasteiger partial charge in [0, 0.05) is 38.1 Å². The normalized spacial score (nSPS) is 29.5. The lowest BCUT2D eigenvalue weighted by Gasteiger charge is -2.31. The van der Waals surface area contributed by atoms with Crippen LogP contribution in [0.15, 0.2) is 0 Å². The number of piperidine rings is 1. The molecular weight excluding hydrogens is 264 g/mol. The lowest BCUT2D eigenvalue weighted by Crippen LogP contribution is -2.45. The molecule has 1 amide bonds. The highest BCUT2D eigenvalue weighted by Gasteiger charge is 2.29. The smallest absolute Gasteiger partial charge is 0.251 e. The zero-order valence-corrected chi connectivity index (χ0v) is 12.2. The van der Waals surface area contributed by atoms with Gasteiger partial charge in [0.2, 0.25) is 5.91 Å². The molecule has 1 N–H and O–H groups in total. The van der Waals surface area contributed by atoms with Gasteiger partial charge in [0.15, 0.2) is 0 Å². The SMILES string of the molecule is C[C@H]1C[C@@H](C(=O)N2CCCN(CC(F)F)CC2)CCN1. The van der Waals surface area contributed by atoms with Gasteiger partial charge in [-0.2, -0.15) is 0 Å². The lowest BCUT2D eigenvalue weighted by atomic mass is 9.92. The Hall–Kier alpha value is -0.750. The largest absolute Gasteiger partial charge is 0.341 e. The van der Waals surface area contributed by atoms with E-state index in [1.165, 1.54) is 0 Å². The highest BCUT2D eigenvalue weighted by molar-refractivity contribution is 5.79. The Morgan fingerprint density at radius 1 is 1.30 bits per heavy atom. The number of carbonyl (C=O) groups is 1. The summed E-state index contributed by atoms with van der Waals surface area (Å²) in [5.41, 5.74) is 0. The Kier molecular flexibility index (Phi) is 5.72. The first-order valence-electron chi connectivity index (χ1n) is 7.59.